The molecule has 0 aromatic heterocycles. The van der Waals surface area contributed by atoms with Crippen molar-refractivity contribution in [3.8, 4) is 0 Å². The van der Waals surface area contributed by atoms with Gasteiger partial charge < -0.3 is 16.3 Å². The minimum Gasteiger partial charge on any atom is -0.409 e. The molecule has 0 aliphatic carbocycles. The maximum absolute atomic E-state index is 13.5. The van der Waals surface area contributed by atoms with Crippen LogP contribution in [0.25, 0.3) is 0 Å². The first kappa shape index (κ1) is 15.4. The molecule has 0 fully saturated rings. The van der Waals surface area contributed by atoms with Crippen molar-refractivity contribution in [2.45, 2.75) is 6.54 Å². The number of hydrogen-bond acceptors (Lipinski definition) is 3. The molecular formula is C14H12Cl2FN3O. The van der Waals surface area contributed by atoms with Crippen LogP contribution in [0.2, 0.25) is 10.0 Å². The summed E-state index contributed by atoms with van der Waals surface area (Å²) in [6.45, 7) is 0.309. The van der Waals surface area contributed by atoms with Crippen LogP contribution in [0.4, 0.5) is 10.1 Å². The van der Waals surface area contributed by atoms with Crippen molar-refractivity contribution in [1.82, 2.24) is 0 Å². The standard InChI is InChI=1S/C14H12Cl2FN3O/c15-11-2-1-3-12(13(11)16)19-7-8-4-9(14(18)20-21)6-10(17)5-8/h1-6,19,21H,7H2,(H2,18,20). The molecule has 21 heavy (non-hydrogen) atoms. The maximum atomic E-state index is 13.5. The van der Waals surface area contributed by atoms with Gasteiger partial charge in [-0.15, -0.1) is 0 Å². The van der Waals surface area contributed by atoms with Gasteiger partial charge in [0.05, 0.1) is 15.7 Å². The van der Waals surface area contributed by atoms with Crippen molar-refractivity contribution < 1.29 is 9.60 Å². The third-order valence-electron chi connectivity index (χ3n) is 2.80. The number of nitrogens with one attached hydrogen (secondary N) is 1. The van der Waals surface area contributed by atoms with Gasteiger partial charge in [0.25, 0.3) is 0 Å². The highest BCUT2D eigenvalue weighted by molar-refractivity contribution is 6.43. The number of oxime groups is 1. The van der Waals surface area contributed by atoms with Crippen LogP contribution >= 0.6 is 23.2 Å². The van der Waals surface area contributed by atoms with Gasteiger partial charge in [-0.05, 0) is 35.9 Å². The summed E-state index contributed by atoms with van der Waals surface area (Å²) >= 11 is 12.0. The van der Waals surface area contributed by atoms with E-state index in [1.54, 1.807) is 24.3 Å². The van der Waals surface area contributed by atoms with E-state index < -0.39 is 5.82 Å². The number of nitrogens with two attached hydrogens (primary N) is 1. The van der Waals surface area contributed by atoms with Gasteiger partial charge in [0.2, 0.25) is 0 Å². The van der Waals surface area contributed by atoms with Gasteiger partial charge in [0.15, 0.2) is 5.84 Å². The minimum atomic E-state index is -0.479. The smallest absolute Gasteiger partial charge is 0.170 e. The van der Waals surface area contributed by atoms with E-state index in [9.17, 15) is 4.39 Å². The van der Waals surface area contributed by atoms with Crippen molar-refractivity contribution in [2.75, 3.05) is 5.32 Å². The van der Waals surface area contributed by atoms with E-state index in [0.717, 1.165) is 0 Å². The van der Waals surface area contributed by atoms with Crippen molar-refractivity contribution in [2.24, 2.45) is 10.9 Å². The quantitative estimate of drug-likeness (QED) is 0.346. The summed E-state index contributed by atoms with van der Waals surface area (Å²) < 4.78 is 13.5. The molecule has 0 heterocycles. The molecule has 0 aliphatic rings. The van der Waals surface area contributed by atoms with Crippen LogP contribution in [0.15, 0.2) is 41.6 Å². The van der Waals surface area contributed by atoms with E-state index in [0.29, 0.717) is 33.4 Å². The molecule has 0 bridgehead atoms. The first-order chi connectivity index (χ1) is 10.0. The summed E-state index contributed by atoms with van der Waals surface area (Å²) in [5.41, 5.74) is 7.01. The molecular weight excluding hydrogens is 316 g/mol. The number of anilines is 1. The first-order valence-corrected chi connectivity index (χ1v) is 6.72. The normalized spacial score (nSPS) is 11.5. The Bertz CT molecular complexity index is 692. The zero-order chi connectivity index (χ0) is 15.4. The second-order valence-electron chi connectivity index (χ2n) is 4.29. The summed E-state index contributed by atoms with van der Waals surface area (Å²) in [4.78, 5) is 0. The monoisotopic (exact) mass is 327 g/mol. The molecule has 0 unspecified atom stereocenters. The maximum Gasteiger partial charge on any atom is 0.170 e. The lowest BCUT2D eigenvalue weighted by atomic mass is 10.1. The zero-order valence-corrected chi connectivity index (χ0v) is 12.3. The molecule has 2 aromatic rings. The lowest BCUT2D eigenvalue weighted by Gasteiger charge is -2.10. The SMILES string of the molecule is N/C(=N/O)c1cc(F)cc(CNc2cccc(Cl)c2Cl)c1. The first-order valence-electron chi connectivity index (χ1n) is 5.96. The molecule has 0 spiro atoms. The van der Waals surface area contributed by atoms with Crippen molar-refractivity contribution in [3.63, 3.8) is 0 Å². The Kier molecular flexibility index (Phi) is 4.88. The Morgan fingerprint density at radius 1 is 1.29 bits per heavy atom. The molecule has 0 aliphatic heterocycles. The van der Waals surface area contributed by atoms with Crippen LogP contribution in [0, 0.1) is 5.82 Å². The topological polar surface area (TPSA) is 70.6 Å². The summed E-state index contributed by atoms with van der Waals surface area (Å²) in [5.74, 6) is -0.635. The van der Waals surface area contributed by atoms with Crippen molar-refractivity contribution >= 4 is 34.7 Å². The summed E-state index contributed by atoms with van der Waals surface area (Å²) in [6, 6.07) is 9.34. The van der Waals surface area contributed by atoms with E-state index in [-0.39, 0.29) is 5.84 Å². The third-order valence-corrected chi connectivity index (χ3v) is 3.61. The lowest BCUT2D eigenvalue weighted by Crippen LogP contribution is -2.14. The second kappa shape index (κ2) is 6.65. The second-order valence-corrected chi connectivity index (χ2v) is 5.07. The number of amidine groups is 1. The van der Waals surface area contributed by atoms with Crippen LogP contribution in [0.5, 0.6) is 0 Å². The van der Waals surface area contributed by atoms with E-state index in [1.165, 1.54) is 12.1 Å². The van der Waals surface area contributed by atoms with Crippen LogP contribution in [0.3, 0.4) is 0 Å². The Hall–Kier alpha value is -1.98. The molecule has 4 N–H and O–H groups in total. The Balaban J connectivity index is 2.20. The molecule has 2 rings (SSSR count). The van der Waals surface area contributed by atoms with Crippen LogP contribution in [-0.2, 0) is 6.54 Å². The average Bonchev–Trinajstić information content (AvgIpc) is 2.47. The average molecular weight is 328 g/mol. The number of hydrogen-bond donors (Lipinski definition) is 3. The number of rotatable bonds is 4. The molecule has 4 nitrogen and oxygen atoms in total. The largest absolute Gasteiger partial charge is 0.409 e. The lowest BCUT2D eigenvalue weighted by molar-refractivity contribution is 0.318. The van der Waals surface area contributed by atoms with E-state index in [1.807, 2.05) is 0 Å². The molecule has 0 saturated carbocycles. The van der Waals surface area contributed by atoms with Crippen LogP contribution in [-0.4, -0.2) is 11.0 Å². The summed E-state index contributed by atoms with van der Waals surface area (Å²) in [6.07, 6.45) is 0. The highest BCUT2D eigenvalue weighted by Gasteiger charge is 2.07. The third kappa shape index (κ3) is 3.77. The molecule has 0 atom stereocenters. The predicted octanol–water partition coefficient (Wildman–Crippen LogP) is 3.84. The summed E-state index contributed by atoms with van der Waals surface area (Å²) in [5, 5.41) is 15.4. The minimum absolute atomic E-state index is 0.156. The van der Waals surface area contributed by atoms with E-state index in [2.05, 4.69) is 10.5 Å². The van der Waals surface area contributed by atoms with Gasteiger partial charge in [-0.25, -0.2) is 4.39 Å². The van der Waals surface area contributed by atoms with Crippen molar-refractivity contribution in [3.05, 3.63) is 63.4 Å². The fourth-order valence-corrected chi connectivity index (χ4v) is 2.16. The number of benzene rings is 2. The Morgan fingerprint density at radius 3 is 2.76 bits per heavy atom. The van der Waals surface area contributed by atoms with Crippen LogP contribution < -0.4 is 11.1 Å². The molecule has 0 saturated heterocycles. The Morgan fingerprint density at radius 2 is 2.05 bits per heavy atom. The molecule has 0 radical (unpaired) electrons. The molecule has 110 valence electrons. The zero-order valence-electron chi connectivity index (χ0n) is 10.8. The highest BCUT2D eigenvalue weighted by atomic mass is 35.5. The highest BCUT2D eigenvalue weighted by Crippen LogP contribution is 2.29. The summed E-state index contributed by atoms with van der Waals surface area (Å²) in [7, 11) is 0. The van der Waals surface area contributed by atoms with Crippen LogP contribution in [0.1, 0.15) is 11.1 Å². The van der Waals surface area contributed by atoms with Gasteiger partial charge in [-0.1, -0.05) is 34.4 Å². The fraction of sp³-hybridized carbons (Fsp3) is 0.0714. The molecule has 2 aromatic carbocycles. The van der Waals surface area contributed by atoms with Crippen molar-refractivity contribution in [1.29, 1.82) is 0 Å². The molecule has 7 heteroatoms. The molecule has 0 amide bonds. The Labute approximate surface area is 131 Å². The van der Waals surface area contributed by atoms with E-state index in [4.69, 9.17) is 34.1 Å². The van der Waals surface area contributed by atoms with E-state index >= 15 is 0 Å². The number of nitrogens with zero attached hydrogens (tertiary/aromatic N) is 1. The predicted molar refractivity (Wildman–Crippen MR) is 82.7 cm³/mol. The fourth-order valence-electron chi connectivity index (χ4n) is 1.80. The van der Waals surface area contributed by atoms with Gasteiger partial charge in [0.1, 0.15) is 5.82 Å². The van der Waals surface area contributed by atoms with Gasteiger partial charge in [-0.3, -0.25) is 0 Å². The van der Waals surface area contributed by atoms with Gasteiger partial charge in [0, 0.05) is 12.1 Å². The number of halogens is 3. The van der Waals surface area contributed by atoms with Gasteiger partial charge >= 0.3 is 0 Å². The van der Waals surface area contributed by atoms with Gasteiger partial charge in [-0.2, -0.15) is 0 Å².